The van der Waals surface area contributed by atoms with Gasteiger partial charge in [-0.15, -0.1) is 0 Å². The van der Waals surface area contributed by atoms with Crippen molar-refractivity contribution < 1.29 is 4.74 Å². The first-order valence-electron chi connectivity index (χ1n) is 9.71. The van der Waals surface area contributed by atoms with Crippen LogP contribution in [0.5, 0.6) is 0 Å². The number of ether oxygens (including phenoxy) is 1. The van der Waals surface area contributed by atoms with Crippen LogP contribution >= 0.6 is 0 Å². The molecule has 0 aromatic carbocycles. The second-order valence-electron chi connectivity index (χ2n) is 7.20. The molecule has 2 aliphatic rings. The Balaban J connectivity index is 1.32. The van der Waals surface area contributed by atoms with Crippen molar-refractivity contribution in [3.63, 3.8) is 0 Å². The van der Waals surface area contributed by atoms with Gasteiger partial charge in [0.25, 0.3) is 0 Å². The van der Waals surface area contributed by atoms with Crippen molar-refractivity contribution in [2.75, 3.05) is 61.1 Å². The highest BCUT2D eigenvalue weighted by molar-refractivity contribution is 5.92. The topological polar surface area (TPSA) is 79.3 Å². The molecule has 28 heavy (non-hydrogen) atoms. The summed E-state index contributed by atoms with van der Waals surface area (Å²) in [5.41, 5.74) is 0.994. The van der Waals surface area contributed by atoms with Crippen molar-refractivity contribution in [1.29, 1.82) is 0 Å². The van der Waals surface area contributed by atoms with Gasteiger partial charge in [0.2, 0.25) is 5.95 Å². The maximum absolute atomic E-state index is 5.48. The fraction of sp³-hybridized carbons (Fsp3) is 0.400. The average Bonchev–Trinajstić information content (AvgIpc) is 2.74. The SMILES string of the molecule is c1cnc(NCC2CN(c3nc(N4CCOCC4)cc4ncccc34)C2)nc1. The molecule has 1 N–H and O–H groups in total. The Labute approximate surface area is 163 Å². The predicted molar refractivity (Wildman–Crippen MR) is 109 cm³/mol. The molecule has 0 spiro atoms. The summed E-state index contributed by atoms with van der Waals surface area (Å²) < 4.78 is 5.48. The Hall–Kier alpha value is -3.00. The van der Waals surface area contributed by atoms with Crippen molar-refractivity contribution in [3.05, 3.63) is 42.9 Å². The number of nitrogens with one attached hydrogen (secondary N) is 1. The maximum Gasteiger partial charge on any atom is 0.222 e. The zero-order valence-electron chi connectivity index (χ0n) is 15.7. The number of hydrogen-bond acceptors (Lipinski definition) is 8. The zero-order chi connectivity index (χ0) is 18.8. The molecule has 0 radical (unpaired) electrons. The normalized spacial score (nSPS) is 17.6. The number of rotatable bonds is 5. The van der Waals surface area contributed by atoms with Gasteiger partial charge in [-0.25, -0.2) is 15.0 Å². The number of hydrogen-bond donors (Lipinski definition) is 1. The molecule has 8 heteroatoms. The van der Waals surface area contributed by atoms with Crippen molar-refractivity contribution in [2.45, 2.75) is 0 Å². The van der Waals surface area contributed by atoms with Gasteiger partial charge < -0.3 is 19.9 Å². The molecule has 2 fully saturated rings. The lowest BCUT2D eigenvalue weighted by atomic mass is 9.99. The lowest BCUT2D eigenvalue weighted by Crippen LogP contribution is -2.50. The third kappa shape index (κ3) is 3.43. The average molecular weight is 377 g/mol. The molecule has 2 saturated heterocycles. The van der Waals surface area contributed by atoms with E-state index in [1.165, 1.54) is 0 Å². The van der Waals surface area contributed by atoms with Crippen LogP contribution in [0.4, 0.5) is 17.6 Å². The molecule has 144 valence electrons. The Morgan fingerprint density at radius 1 is 1.00 bits per heavy atom. The number of pyridine rings is 2. The van der Waals surface area contributed by atoms with E-state index in [1.54, 1.807) is 12.4 Å². The minimum atomic E-state index is 0.546. The molecule has 3 aromatic heterocycles. The monoisotopic (exact) mass is 377 g/mol. The third-order valence-electron chi connectivity index (χ3n) is 5.27. The lowest BCUT2D eigenvalue weighted by molar-refractivity contribution is 0.122. The minimum Gasteiger partial charge on any atom is -0.378 e. The van der Waals surface area contributed by atoms with E-state index < -0.39 is 0 Å². The molecule has 2 aliphatic heterocycles. The number of anilines is 3. The first-order chi connectivity index (χ1) is 13.9. The molecule has 8 nitrogen and oxygen atoms in total. The number of fused-ring (bicyclic) bond motifs is 1. The Morgan fingerprint density at radius 3 is 2.61 bits per heavy atom. The number of aromatic nitrogens is 4. The Kier molecular flexibility index (Phi) is 4.62. The van der Waals surface area contributed by atoms with Crippen LogP contribution in [0.1, 0.15) is 0 Å². The van der Waals surface area contributed by atoms with Gasteiger partial charge in [0.1, 0.15) is 11.6 Å². The Morgan fingerprint density at radius 2 is 1.79 bits per heavy atom. The molecule has 0 saturated carbocycles. The standard InChI is InChI=1S/C20H23N7O/c1-3-16-17(21-4-1)11-18(26-7-9-28-10-8-26)25-19(16)27-13-15(14-27)12-24-20-22-5-2-6-23-20/h1-6,11,15H,7-10,12-14H2,(H,22,23,24). The summed E-state index contributed by atoms with van der Waals surface area (Å²) in [4.78, 5) is 22.7. The fourth-order valence-electron chi connectivity index (χ4n) is 3.74. The van der Waals surface area contributed by atoms with Crippen molar-refractivity contribution >= 4 is 28.5 Å². The zero-order valence-corrected chi connectivity index (χ0v) is 15.7. The molecule has 0 aliphatic carbocycles. The van der Waals surface area contributed by atoms with E-state index in [9.17, 15) is 0 Å². The highest BCUT2D eigenvalue weighted by atomic mass is 16.5. The summed E-state index contributed by atoms with van der Waals surface area (Å²) in [7, 11) is 0. The summed E-state index contributed by atoms with van der Waals surface area (Å²) in [5.74, 6) is 3.25. The third-order valence-corrected chi connectivity index (χ3v) is 5.27. The molecule has 5 heterocycles. The summed E-state index contributed by atoms with van der Waals surface area (Å²) in [6.07, 6.45) is 5.35. The number of morpholine rings is 1. The smallest absolute Gasteiger partial charge is 0.222 e. The molecule has 0 bridgehead atoms. The van der Waals surface area contributed by atoms with Crippen molar-refractivity contribution in [2.24, 2.45) is 5.92 Å². The van der Waals surface area contributed by atoms with Crippen LogP contribution in [0.15, 0.2) is 42.9 Å². The maximum atomic E-state index is 5.48. The van der Waals surface area contributed by atoms with Crippen LogP contribution in [0.2, 0.25) is 0 Å². The first-order valence-corrected chi connectivity index (χ1v) is 9.71. The van der Waals surface area contributed by atoms with Gasteiger partial charge in [0, 0.05) is 68.7 Å². The van der Waals surface area contributed by atoms with Crippen LogP contribution < -0.4 is 15.1 Å². The quantitative estimate of drug-likeness (QED) is 0.721. The van der Waals surface area contributed by atoms with Crippen LogP contribution in [-0.2, 0) is 4.74 Å². The van der Waals surface area contributed by atoms with Gasteiger partial charge in [-0.05, 0) is 18.2 Å². The van der Waals surface area contributed by atoms with Gasteiger partial charge in [-0.1, -0.05) is 0 Å². The highest BCUT2D eigenvalue weighted by Crippen LogP contribution is 2.32. The van der Waals surface area contributed by atoms with Crippen LogP contribution in [0, 0.1) is 5.92 Å². The van der Waals surface area contributed by atoms with Crippen LogP contribution in [-0.4, -0.2) is 65.9 Å². The van der Waals surface area contributed by atoms with E-state index in [2.05, 4.69) is 42.2 Å². The van der Waals surface area contributed by atoms with Crippen molar-refractivity contribution in [3.8, 4) is 0 Å². The van der Waals surface area contributed by atoms with Gasteiger partial charge in [-0.3, -0.25) is 4.98 Å². The first kappa shape index (κ1) is 17.1. The molecule has 0 atom stereocenters. The molecule has 5 rings (SSSR count). The highest BCUT2D eigenvalue weighted by Gasteiger charge is 2.30. The van der Waals surface area contributed by atoms with E-state index in [-0.39, 0.29) is 0 Å². The minimum absolute atomic E-state index is 0.546. The van der Waals surface area contributed by atoms with E-state index in [4.69, 9.17) is 9.72 Å². The van der Waals surface area contributed by atoms with Gasteiger partial charge >= 0.3 is 0 Å². The van der Waals surface area contributed by atoms with E-state index in [1.807, 2.05) is 18.3 Å². The predicted octanol–water partition coefficient (Wildman–Crippen LogP) is 1.80. The van der Waals surface area contributed by atoms with Gasteiger partial charge in [-0.2, -0.15) is 0 Å². The van der Waals surface area contributed by atoms with E-state index >= 15 is 0 Å². The van der Waals surface area contributed by atoms with Crippen LogP contribution in [0.3, 0.4) is 0 Å². The molecular weight excluding hydrogens is 354 g/mol. The summed E-state index contributed by atoms with van der Waals surface area (Å²) in [6.45, 7) is 6.02. The van der Waals surface area contributed by atoms with E-state index in [0.717, 1.165) is 68.5 Å². The Bertz CT molecular complexity index is 940. The summed E-state index contributed by atoms with van der Waals surface area (Å²) in [6, 6.07) is 8.00. The molecule has 0 amide bonds. The molecule has 0 unspecified atom stereocenters. The summed E-state index contributed by atoms with van der Waals surface area (Å²) in [5, 5.41) is 4.42. The van der Waals surface area contributed by atoms with Gasteiger partial charge in [0.05, 0.1) is 18.7 Å². The second kappa shape index (κ2) is 7.55. The van der Waals surface area contributed by atoms with E-state index in [0.29, 0.717) is 11.9 Å². The largest absolute Gasteiger partial charge is 0.378 e. The second-order valence-corrected chi connectivity index (χ2v) is 7.20. The lowest BCUT2D eigenvalue weighted by Gasteiger charge is -2.41. The summed E-state index contributed by atoms with van der Waals surface area (Å²) >= 11 is 0. The molecule has 3 aromatic rings. The number of nitrogens with zero attached hydrogens (tertiary/aromatic N) is 6. The van der Waals surface area contributed by atoms with Gasteiger partial charge in [0.15, 0.2) is 0 Å². The fourth-order valence-corrected chi connectivity index (χ4v) is 3.74. The van der Waals surface area contributed by atoms with Crippen LogP contribution in [0.25, 0.3) is 10.9 Å². The molecular formula is C20H23N7O. The van der Waals surface area contributed by atoms with Crippen molar-refractivity contribution in [1.82, 2.24) is 19.9 Å².